The molecule has 26 heavy (non-hydrogen) atoms. The Labute approximate surface area is 153 Å². The minimum Gasteiger partial charge on any atom is -0.486 e. The van der Waals surface area contributed by atoms with Gasteiger partial charge >= 0.3 is 0 Å². The van der Waals surface area contributed by atoms with Crippen molar-refractivity contribution in [3.8, 4) is 23.5 Å². The first-order valence-corrected chi connectivity index (χ1v) is 8.58. The number of aliphatic hydroxyl groups excluding tert-OH is 1. The molecule has 4 nitrogen and oxygen atoms in total. The fourth-order valence-electron chi connectivity index (χ4n) is 2.70. The zero-order valence-electron chi connectivity index (χ0n) is 14.7. The van der Waals surface area contributed by atoms with E-state index < -0.39 is 6.10 Å². The highest BCUT2D eigenvalue weighted by Crippen LogP contribution is 2.35. The zero-order valence-corrected chi connectivity index (χ0v) is 14.7. The average Bonchev–Trinajstić information content (AvgIpc) is 2.70. The van der Waals surface area contributed by atoms with E-state index >= 15 is 0 Å². The first-order chi connectivity index (χ1) is 12.8. The Morgan fingerprint density at radius 2 is 2.00 bits per heavy atom. The Morgan fingerprint density at radius 1 is 1.12 bits per heavy atom. The molecule has 0 bridgehead atoms. The van der Waals surface area contributed by atoms with Crippen LogP contribution in [0.4, 0.5) is 0 Å². The van der Waals surface area contributed by atoms with Crippen LogP contribution in [0.15, 0.2) is 60.9 Å². The van der Waals surface area contributed by atoms with Gasteiger partial charge in [0.25, 0.3) is 0 Å². The fourth-order valence-corrected chi connectivity index (χ4v) is 2.70. The first kappa shape index (κ1) is 17.8. The maximum atomic E-state index is 10.3. The minimum absolute atomic E-state index is 0.185. The van der Waals surface area contributed by atoms with Crippen LogP contribution in [0, 0.1) is 12.0 Å². The number of pyridine rings is 1. The molecule has 0 aliphatic rings. The smallest absolute Gasteiger partial charge is 0.182 e. The molecule has 0 spiro atoms. The van der Waals surface area contributed by atoms with Gasteiger partial charge < -0.3 is 14.6 Å². The van der Waals surface area contributed by atoms with E-state index in [2.05, 4.69) is 17.0 Å². The van der Waals surface area contributed by atoms with Crippen LogP contribution < -0.4 is 9.47 Å². The highest BCUT2D eigenvalue weighted by atomic mass is 16.5. The molecule has 0 radical (unpaired) electrons. The lowest BCUT2D eigenvalue weighted by molar-refractivity contribution is 0.0999. The number of aryl methyl sites for hydroxylation is 1. The standard InChI is InChI=1S/C22H21NO3/c1-2-14-25-21-12-10-18-7-3-4-8-20(18)22(21)26-16-19(24)11-9-17-6-5-13-23-15-17/h3-8,10,12-13,15,19,24H,9,11,16H2,1H3. The molecule has 3 aromatic rings. The van der Waals surface area contributed by atoms with Gasteiger partial charge in [0.15, 0.2) is 11.5 Å². The number of rotatable bonds is 7. The van der Waals surface area contributed by atoms with Gasteiger partial charge in [-0.2, -0.15) is 0 Å². The molecule has 1 heterocycles. The van der Waals surface area contributed by atoms with Crippen LogP contribution in [0.1, 0.15) is 18.9 Å². The van der Waals surface area contributed by atoms with Crippen molar-refractivity contribution in [2.75, 3.05) is 6.61 Å². The van der Waals surface area contributed by atoms with Gasteiger partial charge in [0.1, 0.15) is 12.7 Å². The molecule has 0 fully saturated rings. The van der Waals surface area contributed by atoms with Gasteiger partial charge in [-0.15, -0.1) is 0 Å². The molecule has 1 N–H and O–H groups in total. The summed E-state index contributed by atoms with van der Waals surface area (Å²) in [7, 11) is 0. The molecule has 132 valence electrons. The molecule has 1 atom stereocenters. The van der Waals surface area contributed by atoms with Gasteiger partial charge in [-0.05, 0) is 35.9 Å². The second-order valence-corrected chi connectivity index (χ2v) is 5.93. The Bertz CT molecular complexity index is 913. The maximum absolute atomic E-state index is 10.3. The Kier molecular flexibility index (Phi) is 6.08. The molecule has 1 unspecified atom stereocenters. The molecule has 0 saturated carbocycles. The van der Waals surface area contributed by atoms with Crippen LogP contribution in [0.25, 0.3) is 10.8 Å². The van der Waals surface area contributed by atoms with E-state index in [0.29, 0.717) is 17.9 Å². The van der Waals surface area contributed by atoms with Crippen molar-refractivity contribution in [3.63, 3.8) is 0 Å². The van der Waals surface area contributed by atoms with E-state index in [1.54, 1.807) is 13.1 Å². The summed E-state index contributed by atoms with van der Waals surface area (Å²) in [6.07, 6.45) is 6.92. The van der Waals surface area contributed by atoms with E-state index in [1.165, 1.54) is 0 Å². The van der Waals surface area contributed by atoms with Gasteiger partial charge in [-0.1, -0.05) is 42.3 Å². The monoisotopic (exact) mass is 347 g/mol. The summed E-state index contributed by atoms with van der Waals surface area (Å²) in [5.74, 6) is 3.87. The normalized spacial score (nSPS) is 11.5. The van der Waals surface area contributed by atoms with Crippen molar-refractivity contribution >= 4 is 10.8 Å². The predicted octanol–water partition coefficient (Wildman–Crippen LogP) is 3.97. The molecule has 0 aliphatic carbocycles. The van der Waals surface area contributed by atoms with Gasteiger partial charge in [0, 0.05) is 24.7 Å². The largest absolute Gasteiger partial charge is 0.486 e. The molecule has 0 aliphatic heterocycles. The number of ether oxygens (including phenoxy) is 2. The van der Waals surface area contributed by atoms with Crippen molar-refractivity contribution in [2.24, 2.45) is 0 Å². The van der Waals surface area contributed by atoms with Crippen LogP contribution in [0.2, 0.25) is 0 Å². The van der Waals surface area contributed by atoms with Crippen molar-refractivity contribution in [2.45, 2.75) is 25.9 Å². The van der Waals surface area contributed by atoms with Gasteiger partial charge in [0.05, 0.1) is 6.10 Å². The van der Waals surface area contributed by atoms with Gasteiger partial charge in [-0.3, -0.25) is 4.98 Å². The van der Waals surface area contributed by atoms with Gasteiger partial charge in [-0.25, -0.2) is 0 Å². The number of nitrogens with zero attached hydrogens (tertiary/aromatic N) is 1. The minimum atomic E-state index is -0.584. The summed E-state index contributed by atoms with van der Waals surface area (Å²) in [5.41, 5.74) is 1.10. The molecule has 4 heteroatoms. The summed E-state index contributed by atoms with van der Waals surface area (Å²) >= 11 is 0. The fraction of sp³-hybridized carbons (Fsp3) is 0.227. The molecule has 3 rings (SSSR count). The third-order valence-corrected chi connectivity index (χ3v) is 4.02. The van der Waals surface area contributed by atoms with Crippen molar-refractivity contribution in [1.82, 2.24) is 4.98 Å². The maximum Gasteiger partial charge on any atom is 0.182 e. The summed E-state index contributed by atoms with van der Waals surface area (Å²) in [6.45, 7) is 1.90. The number of hydrogen-bond donors (Lipinski definition) is 1. The molecular weight excluding hydrogens is 326 g/mol. The quantitative estimate of drug-likeness (QED) is 0.657. The van der Waals surface area contributed by atoms with Crippen molar-refractivity contribution in [3.05, 3.63) is 66.5 Å². The topological polar surface area (TPSA) is 51.6 Å². The molecule has 2 aromatic carbocycles. The highest BCUT2D eigenvalue weighted by Gasteiger charge is 2.13. The Hall–Kier alpha value is -3.03. The lowest BCUT2D eigenvalue weighted by Gasteiger charge is -2.16. The van der Waals surface area contributed by atoms with Crippen LogP contribution >= 0.6 is 0 Å². The van der Waals surface area contributed by atoms with E-state index in [9.17, 15) is 5.11 Å². The van der Waals surface area contributed by atoms with E-state index in [4.69, 9.17) is 9.47 Å². The number of benzene rings is 2. The summed E-state index contributed by atoms with van der Waals surface area (Å²) in [6, 6.07) is 15.6. The van der Waals surface area contributed by atoms with Crippen LogP contribution in [0.5, 0.6) is 11.5 Å². The van der Waals surface area contributed by atoms with E-state index in [0.717, 1.165) is 22.8 Å². The summed E-state index contributed by atoms with van der Waals surface area (Å²) < 4.78 is 11.4. The molecule has 1 aromatic heterocycles. The van der Waals surface area contributed by atoms with E-state index in [1.807, 2.05) is 54.7 Å². The number of hydrogen-bond acceptors (Lipinski definition) is 4. The predicted molar refractivity (Wildman–Crippen MR) is 102 cm³/mol. The second-order valence-electron chi connectivity index (χ2n) is 5.93. The first-order valence-electron chi connectivity index (χ1n) is 8.58. The van der Waals surface area contributed by atoms with Crippen LogP contribution in [-0.4, -0.2) is 22.8 Å². The molecule has 0 saturated heterocycles. The Morgan fingerprint density at radius 3 is 2.81 bits per heavy atom. The van der Waals surface area contributed by atoms with E-state index in [-0.39, 0.29) is 6.61 Å². The van der Waals surface area contributed by atoms with Crippen molar-refractivity contribution < 1.29 is 14.6 Å². The van der Waals surface area contributed by atoms with Gasteiger partial charge in [0.2, 0.25) is 0 Å². The van der Waals surface area contributed by atoms with Crippen LogP contribution in [-0.2, 0) is 6.42 Å². The molecular formula is C22H21NO3. The Balaban J connectivity index is 1.71. The average molecular weight is 347 g/mol. The lowest BCUT2D eigenvalue weighted by atomic mass is 10.1. The summed E-state index contributed by atoms with van der Waals surface area (Å²) in [5, 5.41) is 12.3. The second kappa shape index (κ2) is 8.89. The third-order valence-electron chi connectivity index (χ3n) is 4.02. The summed E-state index contributed by atoms with van der Waals surface area (Å²) in [4.78, 5) is 4.09. The number of fused-ring (bicyclic) bond motifs is 1. The number of aromatic nitrogens is 1. The SMILES string of the molecule is CC#COc1ccc2ccccc2c1OCC(O)CCc1cccnc1. The van der Waals surface area contributed by atoms with Crippen LogP contribution in [0.3, 0.4) is 0 Å². The zero-order chi connectivity index (χ0) is 18.2. The lowest BCUT2D eigenvalue weighted by Crippen LogP contribution is -2.18. The molecule has 0 amide bonds. The highest BCUT2D eigenvalue weighted by molar-refractivity contribution is 5.90. The third kappa shape index (κ3) is 4.53. The van der Waals surface area contributed by atoms with Crippen molar-refractivity contribution in [1.29, 1.82) is 0 Å². The number of aliphatic hydroxyl groups is 1.